The predicted octanol–water partition coefficient (Wildman–Crippen LogP) is 8.64. The number of fused-ring (bicyclic) bond motifs is 2. The lowest BCUT2D eigenvalue weighted by atomic mass is 9.99. The molecule has 0 radical (unpaired) electrons. The fourth-order valence-corrected chi connectivity index (χ4v) is 4.03. The van der Waals surface area contributed by atoms with Crippen molar-refractivity contribution in [2.75, 3.05) is 0 Å². The molecule has 5 aromatic rings. The van der Waals surface area contributed by atoms with E-state index in [9.17, 15) is 0 Å². The van der Waals surface area contributed by atoms with Crippen molar-refractivity contribution in [2.45, 2.75) is 6.92 Å². The molecule has 0 unspecified atom stereocenters. The molecule has 0 saturated heterocycles. The maximum atomic E-state index is 2.24. The van der Waals surface area contributed by atoms with Gasteiger partial charge in [0.1, 0.15) is 0 Å². The van der Waals surface area contributed by atoms with Crippen LogP contribution in [0.15, 0.2) is 103 Å². The van der Waals surface area contributed by atoms with Crippen LogP contribution in [0.4, 0.5) is 0 Å². The first-order chi connectivity index (χ1) is 15.3. The van der Waals surface area contributed by atoms with E-state index >= 15 is 0 Å². The van der Waals surface area contributed by atoms with Crippen LogP contribution in [0.25, 0.3) is 45.8 Å². The van der Waals surface area contributed by atoms with Gasteiger partial charge < -0.3 is 0 Å². The van der Waals surface area contributed by atoms with Crippen LogP contribution in [0.5, 0.6) is 0 Å². The van der Waals surface area contributed by atoms with Crippen LogP contribution in [0.1, 0.15) is 27.8 Å². The third-order valence-corrected chi connectivity index (χ3v) is 5.88. The molecule has 0 N–H and O–H groups in total. The number of hydrogen-bond acceptors (Lipinski definition) is 0. The molecule has 5 rings (SSSR count). The van der Waals surface area contributed by atoms with Crippen molar-refractivity contribution in [2.24, 2.45) is 0 Å². The van der Waals surface area contributed by atoms with Crippen molar-refractivity contribution < 1.29 is 0 Å². The molecule has 0 aliphatic carbocycles. The maximum absolute atomic E-state index is 2.24. The Hall–Kier alpha value is -3.90. The lowest BCUT2D eigenvalue weighted by molar-refractivity contribution is 1.42. The van der Waals surface area contributed by atoms with Crippen LogP contribution in [0, 0.1) is 6.92 Å². The molecule has 31 heavy (non-hydrogen) atoms. The Balaban J connectivity index is 1.41. The fourth-order valence-electron chi connectivity index (χ4n) is 4.03. The van der Waals surface area contributed by atoms with Crippen molar-refractivity contribution in [3.63, 3.8) is 0 Å². The summed E-state index contributed by atoms with van der Waals surface area (Å²) >= 11 is 0. The van der Waals surface area contributed by atoms with E-state index in [1.807, 2.05) is 0 Å². The van der Waals surface area contributed by atoms with E-state index in [1.54, 1.807) is 0 Å². The normalized spacial score (nSPS) is 11.8. The van der Waals surface area contributed by atoms with Gasteiger partial charge in [-0.1, -0.05) is 115 Å². The van der Waals surface area contributed by atoms with Crippen LogP contribution in [-0.4, -0.2) is 0 Å². The van der Waals surface area contributed by atoms with Crippen LogP contribution >= 0.6 is 0 Å². The van der Waals surface area contributed by atoms with Crippen molar-refractivity contribution in [3.8, 4) is 0 Å². The molecule has 0 aliphatic rings. The Morgan fingerprint density at radius 2 is 0.871 bits per heavy atom. The van der Waals surface area contributed by atoms with E-state index in [4.69, 9.17) is 0 Å². The monoisotopic (exact) mass is 396 g/mol. The van der Waals surface area contributed by atoms with E-state index in [-0.39, 0.29) is 0 Å². The van der Waals surface area contributed by atoms with Crippen LogP contribution in [-0.2, 0) is 0 Å². The average Bonchev–Trinajstić information content (AvgIpc) is 2.82. The Labute approximate surface area is 183 Å². The van der Waals surface area contributed by atoms with Gasteiger partial charge in [0, 0.05) is 0 Å². The highest BCUT2D eigenvalue weighted by Crippen LogP contribution is 2.22. The molecule has 0 heteroatoms. The summed E-state index contributed by atoms with van der Waals surface area (Å²) in [5, 5.41) is 5.09. The van der Waals surface area contributed by atoms with Gasteiger partial charge in [0.15, 0.2) is 0 Å². The molecule has 0 bridgehead atoms. The largest absolute Gasteiger partial charge is 0.0616 e. The Kier molecular flexibility index (Phi) is 5.21. The molecule has 5 aromatic carbocycles. The topological polar surface area (TPSA) is 0 Å². The second kappa shape index (κ2) is 8.45. The Bertz CT molecular complexity index is 1330. The summed E-state index contributed by atoms with van der Waals surface area (Å²) in [4.78, 5) is 0. The Morgan fingerprint density at radius 1 is 0.419 bits per heavy atom. The Morgan fingerprint density at radius 3 is 1.35 bits per heavy atom. The van der Waals surface area contributed by atoms with Gasteiger partial charge in [-0.2, -0.15) is 0 Å². The molecule has 0 atom stereocenters. The predicted molar refractivity (Wildman–Crippen MR) is 137 cm³/mol. The summed E-state index contributed by atoms with van der Waals surface area (Å²) in [6.45, 7) is 2.19. The van der Waals surface area contributed by atoms with Gasteiger partial charge in [-0.25, -0.2) is 0 Å². The van der Waals surface area contributed by atoms with Gasteiger partial charge >= 0.3 is 0 Å². The van der Waals surface area contributed by atoms with Crippen molar-refractivity contribution >= 4 is 45.8 Å². The molecule has 0 heterocycles. The highest BCUT2D eigenvalue weighted by molar-refractivity contribution is 5.87. The highest BCUT2D eigenvalue weighted by atomic mass is 14.1. The average molecular weight is 397 g/mol. The summed E-state index contributed by atoms with van der Waals surface area (Å²) in [5.74, 6) is 0. The van der Waals surface area contributed by atoms with Gasteiger partial charge in [0.05, 0.1) is 0 Å². The lowest BCUT2D eigenvalue weighted by Crippen LogP contribution is -1.85. The van der Waals surface area contributed by atoms with E-state index < -0.39 is 0 Å². The summed E-state index contributed by atoms with van der Waals surface area (Å²) in [5.41, 5.74) is 6.21. The zero-order chi connectivity index (χ0) is 21.0. The molecular weight excluding hydrogens is 372 g/mol. The minimum atomic E-state index is 1.22. The van der Waals surface area contributed by atoms with Crippen molar-refractivity contribution in [1.82, 2.24) is 0 Å². The second-order valence-corrected chi connectivity index (χ2v) is 7.94. The lowest BCUT2D eigenvalue weighted by Gasteiger charge is -2.06. The quantitative estimate of drug-likeness (QED) is 0.267. The van der Waals surface area contributed by atoms with E-state index in [2.05, 4.69) is 134 Å². The summed E-state index contributed by atoms with van der Waals surface area (Å²) < 4.78 is 0. The third kappa shape index (κ3) is 4.20. The fraction of sp³-hybridized carbons (Fsp3) is 0.0323. The van der Waals surface area contributed by atoms with Crippen molar-refractivity contribution in [1.29, 1.82) is 0 Å². The SMILES string of the molecule is Cc1c(C=Cc2ccc3ccccc3c2)cccc1C=Cc1ccc2ccccc2c1. The number of hydrogen-bond donors (Lipinski definition) is 0. The number of benzene rings is 5. The zero-order valence-corrected chi connectivity index (χ0v) is 17.6. The molecule has 0 aliphatic heterocycles. The molecular formula is C31H24. The first-order valence-electron chi connectivity index (χ1n) is 10.7. The second-order valence-electron chi connectivity index (χ2n) is 7.94. The molecule has 0 spiro atoms. The smallest absolute Gasteiger partial charge is 0.0178 e. The summed E-state index contributed by atoms with van der Waals surface area (Å²) in [6.07, 6.45) is 8.83. The minimum Gasteiger partial charge on any atom is -0.0616 e. The van der Waals surface area contributed by atoms with Crippen LogP contribution < -0.4 is 0 Å². The molecule has 0 saturated carbocycles. The standard InChI is InChI=1S/C31H24/c1-23-26(17-13-24-15-19-28-7-2-4-9-30(28)21-24)11-6-12-27(23)18-14-25-16-20-29-8-3-5-10-31(29)22-25/h2-22H,1H3. The molecule has 0 amide bonds. The highest BCUT2D eigenvalue weighted by Gasteiger charge is 2.00. The van der Waals surface area contributed by atoms with Gasteiger partial charge in [-0.3, -0.25) is 0 Å². The van der Waals surface area contributed by atoms with Gasteiger partial charge in [-0.15, -0.1) is 0 Å². The zero-order valence-electron chi connectivity index (χ0n) is 17.6. The van der Waals surface area contributed by atoms with Crippen LogP contribution in [0.2, 0.25) is 0 Å². The van der Waals surface area contributed by atoms with Gasteiger partial charge in [0.2, 0.25) is 0 Å². The van der Waals surface area contributed by atoms with Gasteiger partial charge in [-0.05, 0) is 68.4 Å². The molecule has 0 aromatic heterocycles. The minimum absolute atomic E-state index is 1.22. The first-order valence-corrected chi connectivity index (χ1v) is 10.7. The summed E-state index contributed by atoms with van der Waals surface area (Å²) in [6, 6.07) is 36.7. The van der Waals surface area contributed by atoms with Crippen molar-refractivity contribution in [3.05, 3.63) is 131 Å². The maximum Gasteiger partial charge on any atom is -0.0178 e. The molecule has 148 valence electrons. The third-order valence-electron chi connectivity index (χ3n) is 5.88. The van der Waals surface area contributed by atoms with Gasteiger partial charge in [0.25, 0.3) is 0 Å². The van der Waals surface area contributed by atoms with E-state index in [1.165, 1.54) is 49.4 Å². The molecule has 0 fully saturated rings. The number of rotatable bonds is 4. The molecule has 0 nitrogen and oxygen atoms in total. The van der Waals surface area contributed by atoms with Crippen LogP contribution in [0.3, 0.4) is 0 Å². The first kappa shape index (κ1) is 19.1. The van der Waals surface area contributed by atoms with E-state index in [0.29, 0.717) is 0 Å². The summed E-state index contributed by atoms with van der Waals surface area (Å²) in [7, 11) is 0. The van der Waals surface area contributed by atoms with E-state index in [0.717, 1.165) is 0 Å².